The molecule has 11 heteroatoms. The first kappa shape index (κ1) is 26.4. The third-order valence-electron chi connectivity index (χ3n) is 5.78. The predicted octanol–water partition coefficient (Wildman–Crippen LogP) is 6.66. The SMILES string of the molecule is COc1cccc(C2/C(=C(\O)c3cc(Cl)c(OC)c(Cl)c3)C(=O)C(=O)N2c2cccc(C(F)(F)F)c2)c1. The second kappa shape index (κ2) is 9.99. The van der Waals surface area contributed by atoms with Crippen LogP contribution in [0.25, 0.3) is 5.76 Å². The molecule has 1 heterocycles. The fraction of sp³-hybridized carbons (Fsp3) is 0.154. The maximum absolute atomic E-state index is 13.4. The monoisotopic (exact) mass is 551 g/mol. The van der Waals surface area contributed by atoms with E-state index in [1.807, 2.05) is 0 Å². The molecule has 4 rings (SSSR count). The molecule has 0 saturated carbocycles. The number of anilines is 1. The van der Waals surface area contributed by atoms with Crippen molar-refractivity contribution in [2.24, 2.45) is 0 Å². The van der Waals surface area contributed by atoms with Crippen molar-refractivity contribution < 1.29 is 37.3 Å². The molecule has 1 atom stereocenters. The maximum Gasteiger partial charge on any atom is 0.416 e. The zero-order chi connectivity index (χ0) is 27.1. The first-order valence-corrected chi connectivity index (χ1v) is 11.4. The van der Waals surface area contributed by atoms with Crippen LogP contribution < -0.4 is 14.4 Å². The number of hydrogen-bond donors (Lipinski definition) is 1. The molecule has 0 aliphatic carbocycles. The topological polar surface area (TPSA) is 76.1 Å². The molecular formula is C26H18Cl2F3NO5. The molecule has 1 amide bonds. The van der Waals surface area contributed by atoms with E-state index in [9.17, 15) is 27.9 Å². The lowest BCUT2D eigenvalue weighted by atomic mass is 9.94. The van der Waals surface area contributed by atoms with Crippen molar-refractivity contribution in [2.75, 3.05) is 19.1 Å². The molecule has 1 aliphatic heterocycles. The largest absolute Gasteiger partial charge is 0.507 e. The first-order valence-electron chi connectivity index (χ1n) is 10.6. The Bertz CT molecular complexity index is 1410. The van der Waals surface area contributed by atoms with Crippen molar-refractivity contribution in [3.8, 4) is 11.5 Å². The van der Waals surface area contributed by atoms with E-state index in [1.54, 1.807) is 18.2 Å². The van der Waals surface area contributed by atoms with Crippen LogP contribution in [0.5, 0.6) is 11.5 Å². The molecule has 3 aromatic carbocycles. The zero-order valence-corrected chi connectivity index (χ0v) is 20.8. The van der Waals surface area contributed by atoms with Gasteiger partial charge in [-0.3, -0.25) is 14.5 Å². The highest BCUT2D eigenvalue weighted by molar-refractivity contribution is 6.51. The number of amides is 1. The van der Waals surface area contributed by atoms with Gasteiger partial charge in [-0.1, -0.05) is 41.4 Å². The lowest BCUT2D eigenvalue weighted by Gasteiger charge is -2.26. The summed E-state index contributed by atoms with van der Waals surface area (Å²) >= 11 is 12.4. The minimum atomic E-state index is -4.69. The molecule has 1 fully saturated rings. The van der Waals surface area contributed by atoms with Crippen molar-refractivity contribution in [2.45, 2.75) is 12.2 Å². The van der Waals surface area contributed by atoms with E-state index >= 15 is 0 Å². The zero-order valence-electron chi connectivity index (χ0n) is 19.3. The summed E-state index contributed by atoms with van der Waals surface area (Å²) in [6, 6.07) is 11.6. The number of nitrogens with zero attached hydrogens (tertiary/aromatic N) is 1. The number of rotatable bonds is 5. The standard InChI is InChI=1S/C26H18Cl2F3NO5/c1-36-17-8-3-5-13(9-17)21-20(22(33)14-10-18(27)24(37-2)19(28)11-14)23(34)25(35)32(21)16-7-4-6-15(12-16)26(29,30)31/h3-12,21,33H,1-2H3/b22-20+. The summed E-state index contributed by atoms with van der Waals surface area (Å²) in [7, 11) is 2.75. The Hall–Kier alpha value is -3.69. The van der Waals surface area contributed by atoms with E-state index in [-0.39, 0.29) is 32.6 Å². The van der Waals surface area contributed by atoms with Crippen molar-refractivity contribution in [3.63, 3.8) is 0 Å². The number of Topliss-reactive ketones (excluding diaryl/α,β-unsaturated/α-hetero) is 1. The Labute approximate surface area is 219 Å². The number of aliphatic hydroxyl groups excluding tert-OH is 1. The van der Waals surface area contributed by atoms with E-state index in [0.717, 1.165) is 23.1 Å². The molecular weight excluding hydrogens is 534 g/mol. The van der Waals surface area contributed by atoms with Gasteiger partial charge in [0.2, 0.25) is 0 Å². The molecule has 6 nitrogen and oxygen atoms in total. The summed E-state index contributed by atoms with van der Waals surface area (Å²) in [6.07, 6.45) is -4.69. The van der Waals surface area contributed by atoms with Gasteiger partial charge in [-0.25, -0.2) is 0 Å². The fourth-order valence-electron chi connectivity index (χ4n) is 4.11. The number of methoxy groups -OCH3 is 2. The Balaban J connectivity index is 1.98. The molecule has 1 aliphatic rings. The average Bonchev–Trinajstić information content (AvgIpc) is 3.13. The van der Waals surface area contributed by atoms with Crippen LogP contribution in [0.3, 0.4) is 0 Å². The van der Waals surface area contributed by atoms with Crippen LogP contribution in [-0.2, 0) is 15.8 Å². The Morgan fingerprint density at radius 1 is 0.946 bits per heavy atom. The predicted molar refractivity (Wildman–Crippen MR) is 132 cm³/mol. The molecule has 192 valence electrons. The van der Waals surface area contributed by atoms with E-state index in [0.29, 0.717) is 11.3 Å². The van der Waals surface area contributed by atoms with Crippen molar-refractivity contribution in [1.29, 1.82) is 0 Å². The molecule has 1 unspecified atom stereocenters. The van der Waals surface area contributed by atoms with Gasteiger partial charge in [-0.05, 0) is 48.0 Å². The number of alkyl halides is 3. The molecule has 0 aromatic heterocycles. The van der Waals surface area contributed by atoms with E-state index < -0.39 is 35.2 Å². The molecule has 3 aromatic rings. The van der Waals surface area contributed by atoms with Gasteiger partial charge < -0.3 is 14.6 Å². The van der Waals surface area contributed by atoms with Crippen LogP contribution in [-0.4, -0.2) is 31.0 Å². The van der Waals surface area contributed by atoms with Crippen LogP contribution in [0.2, 0.25) is 10.0 Å². The summed E-state index contributed by atoms with van der Waals surface area (Å²) in [5.74, 6) is -2.35. The van der Waals surface area contributed by atoms with Crippen LogP contribution >= 0.6 is 23.2 Å². The second-order valence-electron chi connectivity index (χ2n) is 7.97. The number of carbonyl (C=O) groups excluding carboxylic acids is 2. The van der Waals surface area contributed by atoms with Crippen LogP contribution in [0.15, 0.2) is 66.2 Å². The summed E-state index contributed by atoms with van der Waals surface area (Å²) in [5, 5.41) is 11.3. The van der Waals surface area contributed by atoms with Gasteiger partial charge in [-0.15, -0.1) is 0 Å². The Morgan fingerprint density at radius 3 is 2.19 bits per heavy atom. The van der Waals surface area contributed by atoms with Crippen molar-refractivity contribution in [1.82, 2.24) is 0 Å². The number of benzene rings is 3. The van der Waals surface area contributed by atoms with Gasteiger partial charge in [0, 0.05) is 11.3 Å². The molecule has 1 N–H and O–H groups in total. The molecule has 1 saturated heterocycles. The molecule has 0 spiro atoms. The fourth-order valence-corrected chi connectivity index (χ4v) is 4.75. The van der Waals surface area contributed by atoms with Gasteiger partial charge in [0.05, 0.1) is 41.4 Å². The smallest absolute Gasteiger partial charge is 0.416 e. The average molecular weight is 552 g/mol. The second-order valence-corrected chi connectivity index (χ2v) is 8.78. The molecule has 0 bridgehead atoms. The number of aliphatic hydroxyl groups is 1. The minimum Gasteiger partial charge on any atom is -0.507 e. The number of ether oxygens (including phenoxy) is 2. The summed E-state index contributed by atoms with van der Waals surface area (Å²) in [4.78, 5) is 27.4. The van der Waals surface area contributed by atoms with E-state index in [4.69, 9.17) is 32.7 Å². The van der Waals surface area contributed by atoms with Gasteiger partial charge in [0.1, 0.15) is 11.5 Å². The molecule has 37 heavy (non-hydrogen) atoms. The van der Waals surface area contributed by atoms with Crippen LogP contribution in [0.1, 0.15) is 22.7 Å². The summed E-state index contributed by atoms with van der Waals surface area (Å²) in [5.41, 5.74) is -1.25. The highest BCUT2D eigenvalue weighted by atomic mass is 35.5. The van der Waals surface area contributed by atoms with E-state index in [1.165, 1.54) is 38.5 Å². The highest BCUT2D eigenvalue weighted by Gasteiger charge is 2.47. The number of hydrogen-bond acceptors (Lipinski definition) is 5. The van der Waals surface area contributed by atoms with Gasteiger partial charge in [0.15, 0.2) is 5.75 Å². The number of halogens is 5. The first-order chi connectivity index (χ1) is 17.5. The van der Waals surface area contributed by atoms with Gasteiger partial charge in [-0.2, -0.15) is 13.2 Å². The maximum atomic E-state index is 13.4. The van der Waals surface area contributed by atoms with Gasteiger partial charge in [0.25, 0.3) is 11.7 Å². The summed E-state index contributed by atoms with van der Waals surface area (Å²) in [6.45, 7) is 0. The van der Waals surface area contributed by atoms with Crippen LogP contribution in [0.4, 0.5) is 18.9 Å². The Morgan fingerprint density at radius 2 is 1.59 bits per heavy atom. The lowest BCUT2D eigenvalue weighted by molar-refractivity contribution is -0.137. The molecule has 0 radical (unpaired) electrons. The third kappa shape index (κ3) is 4.84. The number of carbonyl (C=O) groups is 2. The minimum absolute atomic E-state index is 0.00531. The number of ketones is 1. The van der Waals surface area contributed by atoms with Crippen molar-refractivity contribution in [3.05, 3.63) is 93.0 Å². The van der Waals surface area contributed by atoms with E-state index in [2.05, 4.69) is 0 Å². The van der Waals surface area contributed by atoms with Crippen LogP contribution in [0, 0.1) is 0 Å². The lowest BCUT2D eigenvalue weighted by Crippen LogP contribution is -2.29. The normalized spacial score (nSPS) is 17.3. The summed E-state index contributed by atoms with van der Waals surface area (Å²) < 4.78 is 50.7. The third-order valence-corrected chi connectivity index (χ3v) is 6.34. The van der Waals surface area contributed by atoms with Crippen molar-refractivity contribution >= 4 is 46.3 Å². The van der Waals surface area contributed by atoms with Gasteiger partial charge >= 0.3 is 6.18 Å². The quantitative estimate of drug-likeness (QED) is 0.218. The Kier molecular flexibility index (Phi) is 7.12. The highest BCUT2D eigenvalue weighted by Crippen LogP contribution is 2.45.